The maximum Gasteiger partial charge on any atom is 0.343 e. The molecule has 156 valence electrons. The molecule has 12 nitrogen and oxygen atoms in total. The van der Waals surface area contributed by atoms with Crippen molar-refractivity contribution in [1.82, 2.24) is 39.9 Å². The molecule has 0 saturated heterocycles. The molecule has 0 radical (unpaired) electrons. The Hall–Kier alpha value is -5.00. The molecule has 0 amide bonds. The highest BCUT2D eigenvalue weighted by Gasteiger charge is 2.17. The highest BCUT2D eigenvalue weighted by Crippen LogP contribution is 2.17. The minimum Gasteiger partial charge on any atom is -0.477 e. The first kappa shape index (κ1) is 19.0. The zero-order valence-corrected chi connectivity index (χ0v) is 16.0. The first-order valence-electron chi connectivity index (χ1n) is 9.18. The number of nitrogens with one attached hydrogen (secondary N) is 2. The summed E-state index contributed by atoms with van der Waals surface area (Å²) in [6, 6.07) is 4.90. The van der Waals surface area contributed by atoms with E-state index in [9.17, 15) is 19.8 Å². The SMILES string of the molecule is O=C(O)C(=Cc1cc2nc3ccc(nc4nc(nc5nc(nc1[nH]2)C=C5)C=C4)[nH]3)C(=O)O. The average Bonchev–Trinajstić information content (AvgIpc) is 3.51. The maximum atomic E-state index is 11.3. The Balaban J connectivity index is 1.82. The van der Waals surface area contributed by atoms with E-state index in [4.69, 9.17) is 0 Å². The summed E-state index contributed by atoms with van der Waals surface area (Å²) in [5.74, 6) is -1.62. The Kier molecular flexibility index (Phi) is 4.37. The average molecular weight is 428 g/mol. The molecule has 3 aromatic heterocycles. The van der Waals surface area contributed by atoms with Crippen LogP contribution < -0.4 is 0 Å². The summed E-state index contributed by atoms with van der Waals surface area (Å²) in [5.41, 5.74) is 0.878. The van der Waals surface area contributed by atoms with Crippen LogP contribution in [0.1, 0.15) is 28.9 Å². The fourth-order valence-electron chi connectivity index (χ4n) is 3.00. The van der Waals surface area contributed by atoms with Gasteiger partial charge in [-0.2, -0.15) is 0 Å². The zero-order valence-electron chi connectivity index (χ0n) is 16.0. The van der Waals surface area contributed by atoms with Crippen LogP contribution >= 0.6 is 0 Å². The topological polar surface area (TPSA) is 184 Å². The van der Waals surface area contributed by atoms with Gasteiger partial charge in [-0.15, -0.1) is 0 Å². The molecule has 0 atom stereocenters. The van der Waals surface area contributed by atoms with E-state index >= 15 is 0 Å². The van der Waals surface area contributed by atoms with Crippen LogP contribution in [0.4, 0.5) is 0 Å². The van der Waals surface area contributed by atoms with Crippen molar-refractivity contribution in [3.8, 4) is 0 Å². The summed E-state index contributed by atoms with van der Waals surface area (Å²) in [7, 11) is 0. The number of aromatic amines is 2. The number of aromatic nitrogens is 8. The lowest BCUT2D eigenvalue weighted by Crippen LogP contribution is -2.10. The Morgan fingerprint density at radius 1 is 0.688 bits per heavy atom. The van der Waals surface area contributed by atoms with Crippen molar-refractivity contribution in [2.75, 3.05) is 0 Å². The molecule has 0 fully saturated rings. The normalized spacial score (nSPS) is 12.0. The van der Waals surface area contributed by atoms with Gasteiger partial charge in [-0.05, 0) is 48.6 Å². The first-order chi connectivity index (χ1) is 15.4. The second-order valence-corrected chi connectivity index (χ2v) is 6.63. The number of aliphatic carboxylic acids is 2. The molecule has 2 aliphatic rings. The number of fused-ring (bicyclic) bond motifs is 8. The van der Waals surface area contributed by atoms with Crippen LogP contribution in [0.25, 0.3) is 53.0 Å². The number of H-pyrrole nitrogens is 2. The molecule has 0 aliphatic carbocycles. The van der Waals surface area contributed by atoms with Crippen molar-refractivity contribution in [3.05, 3.63) is 52.6 Å². The van der Waals surface area contributed by atoms with E-state index in [1.807, 2.05) is 0 Å². The summed E-state index contributed by atoms with van der Waals surface area (Å²) in [6.07, 6.45) is 7.69. The molecule has 2 aliphatic heterocycles. The molecule has 3 aromatic rings. The molecule has 8 bridgehead atoms. The minimum absolute atomic E-state index is 0.186. The third-order valence-corrected chi connectivity index (χ3v) is 4.38. The van der Waals surface area contributed by atoms with E-state index in [1.165, 1.54) is 6.07 Å². The third kappa shape index (κ3) is 3.75. The number of rotatable bonds is 3. The van der Waals surface area contributed by atoms with Crippen LogP contribution in [0, 0.1) is 0 Å². The van der Waals surface area contributed by atoms with Gasteiger partial charge in [0.2, 0.25) is 0 Å². The number of carbonyl (C=O) groups is 2. The smallest absolute Gasteiger partial charge is 0.343 e. The highest BCUT2D eigenvalue weighted by molar-refractivity contribution is 6.16. The zero-order chi connectivity index (χ0) is 22.2. The molecule has 0 unspecified atom stereocenters. The Morgan fingerprint density at radius 3 is 1.81 bits per heavy atom. The van der Waals surface area contributed by atoms with Crippen LogP contribution in [0.15, 0.2) is 23.8 Å². The fourth-order valence-corrected chi connectivity index (χ4v) is 3.00. The van der Waals surface area contributed by atoms with Gasteiger partial charge in [0.1, 0.15) is 28.2 Å². The van der Waals surface area contributed by atoms with Crippen molar-refractivity contribution in [1.29, 1.82) is 0 Å². The van der Waals surface area contributed by atoms with Crippen molar-refractivity contribution >= 4 is 64.9 Å². The maximum absolute atomic E-state index is 11.3. The molecule has 5 heterocycles. The summed E-state index contributed by atoms with van der Waals surface area (Å²) in [5, 5.41) is 18.4. The number of carboxylic acids is 2. The molecular formula is C20H12N8O4. The van der Waals surface area contributed by atoms with E-state index < -0.39 is 17.5 Å². The lowest BCUT2D eigenvalue weighted by molar-refractivity contribution is -0.140. The molecular weight excluding hydrogens is 416 g/mol. The van der Waals surface area contributed by atoms with E-state index in [2.05, 4.69) is 39.9 Å². The summed E-state index contributed by atoms with van der Waals surface area (Å²) < 4.78 is 0. The van der Waals surface area contributed by atoms with Gasteiger partial charge in [0.15, 0.2) is 23.3 Å². The standard InChI is InChI=1S/C20H12N8O4/c29-19(30)10(20(31)32)7-9-8-17-26-15-4-3-13(24-15)22-11-1-2-12(21-11)23-14-5-6-16(25-14)27-18(9)28-17/h1-8H,(H,29,30)(H,31,32)(H2,21,22,23,24,25,26,27,28). The van der Waals surface area contributed by atoms with Crippen molar-refractivity contribution in [2.24, 2.45) is 0 Å². The van der Waals surface area contributed by atoms with Gasteiger partial charge in [-0.3, -0.25) is 0 Å². The summed E-state index contributed by atoms with van der Waals surface area (Å²) in [6.45, 7) is 0. The third-order valence-electron chi connectivity index (χ3n) is 4.38. The van der Waals surface area contributed by atoms with Crippen molar-refractivity contribution < 1.29 is 19.8 Å². The lowest BCUT2D eigenvalue weighted by Gasteiger charge is -1.94. The number of hydrogen-bond acceptors (Lipinski definition) is 8. The Bertz CT molecular complexity index is 1530. The van der Waals surface area contributed by atoms with Gasteiger partial charge in [0.25, 0.3) is 0 Å². The highest BCUT2D eigenvalue weighted by atomic mass is 16.4. The lowest BCUT2D eigenvalue weighted by atomic mass is 10.2. The molecule has 0 spiro atoms. The first-order valence-corrected chi connectivity index (χ1v) is 9.18. The Morgan fingerprint density at radius 2 is 1.22 bits per heavy atom. The van der Waals surface area contributed by atoms with Gasteiger partial charge in [-0.1, -0.05) is 0 Å². The predicted molar refractivity (Wildman–Crippen MR) is 113 cm³/mol. The van der Waals surface area contributed by atoms with E-state index in [1.54, 1.807) is 36.4 Å². The quantitative estimate of drug-likeness (QED) is 0.188. The van der Waals surface area contributed by atoms with Gasteiger partial charge in [0.05, 0.1) is 0 Å². The van der Waals surface area contributed by atoms with Crippen molar-refractivity contribution in [3.63, 3.8) is 0 Å². The van der Waals surface area contributed by atoms with E-state index in [-0.39, 0.29) is 17.0 Å². The largest absolute Gasteiger partial charge is 0.477 e. The molecule has 12 heteroatoms. The Labute approximate surface area is 177 Å². The van der Waals surface area contributed by atoms with Gasteiger partial charge < -0.3 is 20.2 Å². The molecule has 32 heavy (non-hydrogen) atoms. The van der Waals surface area contributed by atoms with Crippen LogP contribution in [0.3, 0.4) is 0 Å². The van der Waals surface area contributed by atoms with E-state index in [0.29, 0.717) is 34.4 Å². The monoisotopic (exact) mass is 428 g/mol. The summed E-state index contributed by atoms with van der Waals surface area (Å²) >= 11 is 0. The van der Waals surface area contributed by atoms with Crippen LogP contribution in [0.5, 0.6) is 0 Å². The van der Waals surface area contributed by atoms with Crippen LogP contribution in [0.2, 0.25) is 0 Å². The fraction of sp³-hybridized carbons (Fsp3) is 0. The molecule has 0 aromatic carbocycles. The number of carboxylic acid groups (broad SMARTS) is 2. The van der Waals surface area contributed by atoms with Crippen LogP contribution in [-0.2, 0) is 9.59 Å². The number of nitrogens with zero attached hydrogens (tertiary/aromatic N) is 6. The molecule has 0 saturated carbocycles. The number of hydrogen-bond donors (Lipinski definition) is 4. The van der Waals surface area contributed by atoms with Gasteiger partial charge in [0, 0.05) is 5.56 Å². The van der Waals surface area contributed by atoms with Gasteiger partial charge >= 0.3 is 11.9 Å². The second-order valence-electron chi connectivity index (χ2n) is 6.63. The predicted octanol–water partition coefficient (Wildman–Crippen LogP) is 1.79. The van der Waals surface area contributed by atoms with Crippen molar-refractivity contribution in [2.45, 2.75) is 0 Å². The van der Waals surface area contributed by atoms with Gasteiger partial charge in [-0.25, -0.2) is 39.5 Å². The second kappa shape index (κ2) is 7.36. The molecule has 5 rings (SSSR count). The summed E-state index contributed by atoms with van der Waals surface area (Å²) in [4.78, 5) is 54.7. The van der Waals surface area contributed by atoms with Crippen LogP contribution in [-0.4, -0.2) is 62.0 Å². The molecule has 4 N–H and O–H groups in total. The minimum atomic E-state index is -1.58. The van der Waals surface area contributed by atoms with E-state index in [0.717, 1.165) is 6.08 Å².